The number of unbranched alkanes of at least 4 members (excludes halogenated alkanes) is 4. The molecule has 4 heteroatoms. The number of amides is 1. The van der Waals surface area contributed by atoms with Gasteiger partial charge in [-0.25, -0.2) is 5.48 Å². The van der Waals surface area contributed by atoms with Crippen LogP contribution in [0, 0.1) is 0 Å². The van der Waals surface area contributed by atoms with Crippen LogP contribution >= 0.6 is 0 Å². The van der Waals surface area contributed by atoms with E-state index >= 15 is 0 Å². The summed E-state index contributed by atoms with van der Waals surface area (Å²) in [6.45, 7) is 0.987. The van der Waals surface area contributed by atoms with Crippen LogP contribution in [-0.2, 0) is 4.79 Å². The Labute approximate surface area is 108 Å². The van der Waals surface area contributed by atoms with Crippen molar-refractivity contribution in [1.82, 2.24) is 5.48 Å². The number of anilines is 1. The van der Waals surface area contributed by atoms with E-state index in [0.717, 1.165) is 37.9 Å². The molecule has 0 aliphatic carbocycles. The van der Waals surface area contributed by atoms with E-state index in [1.165, 1.54) is 6.42 Å². The molecule has 0 radical (unpaired) electrons. The Morgan fingerprint density at radius 1 is 1.00 bits per heavy atom. The van der Waals surface area contributed by atoms with Crippen molar-refractivity contribution < 1.29 is 10.0 Å². The zero-order valence-electron chi connectivity index (χ0n) is 10.7. The van der Waals surface area contributed by atoms with Gasteiger partial charge < -0.3 is 5.32 Å². The average Bonchev–Trinajstić information content (AvgIpc) is 2.42. The van der Waals surface area contributed by atoms with E-state index in [0.29, 0.717) is 6.42 Å². The fraction of sp³-hybridized carbons (Fsp3) is 0.500. The first-order valence-corrected chi connectivity index (χ1v) is 6.55. The van der Waals surface area contributed by atoms with Gasteiger partial charge in [0.15, 0.2) is 0 Å². The molecule has 18 heavy (non-hydrogen) atoms. The van der Waals surface area contributed by atoms with Crippen LogP contribution in [0.2, 0.25) is 0 Å². The number of carbonyl (C=O) groups excluding carboxylic acids is 1. The topological polar surface area (TPSA) is 61.4 Å². The lowest BCUT2D eigenvalue weighted by molar-refractivity contribution is -0.129. The molecule has 0 saturated heterocycles. The van der Waals surface area contributed by atoms with Gasteiger partial charge in [-0.2, -0.15) is 0 Å². The summed E-state index contributed by atoms with van der Waals surface area (Å²) in [6.07, 6.45) is 5.74. The summed E-state index contributed by atoms with van der Waals surface area (Å²) < 4.78 is 0. The second-order valence-corrected chi connectivity index (χ2v) is 4.35. The molecule has 0 aromatic heterocycles. The predicted octanol–water partition coefficient (Wildman–Crippen LogP) is 2.94. The highest BCUT2D eigenvalue weighted by molar-refractivity contribution is 5.74. The maximum Gasteiger partial charge on any atom is 0.243 e. The number of nitrogens with one attached hydrogen (secondary N) is 2. The summed E-state index contributed by atoms with van der Waals surface area (Å²) in [7, 11) is 0. The maximum atomic E-state index is 10.7. The minimum absolute atomic E-state index is 0.291. The molecule has 1 aromatic carbocycles. The SMILES string of the molecule is O=C(CCCCCCCNc1ccccc1)NO. The van der Waals surface area contributed by atoms with Gasteiger partial charge in [0, 0.05) is 18.7 Å². The highest BCUT2D eigenvalue weighted by Gasteiger charge is 1.98. The zero-order valence-corrected chi connectivity index (χ0v) is 10.7. The zero-order chi connectivity index (χ0) is 13.1. The molecule has 0 unspecified atom stereocenters. The van der Waals surface area contributed by atoms with Crippen LogP contribution in [-0.4, -0.2) is 17.7 Å². The van der Waals surface area contributed by atoms with Crippen molar-refractivity contribution in [3.8, 4) is 0 Å². The van der Waals surface area contributed by atoms with Gasteiger partial charge in [-0.1, -0.05) is 37.5 Å². The van der Waals surface area contributed by atoms with Crippen molar-refractivity contribution >= 4 is 11.6 Å². The van der Waals surface area contributed by atoms with Crippen LogP contribution in [0.1, 0.15) is 38.5 Å². The van der Waals surface area contributed by atoms with Crippen molar-refractivity contribution in [2.24, 2.45) is 0 Å². The van der Waals surface area contributed by atoms with Gasteiger partial charge in [0.05, 0.1) is 0 Å². The molecule has 1 rings (SSSR count). The van der Waals surface area contributed by atoms with E-state index in [1.807, 2.05) is 18.2 Å². The molecule has 0 spiro atoms. The second-order valence-electron chi connectivity index (χ2n) is 4.35. The molecule has 0 aliphatic heterocycles. The van der Waals surface area contributed by atoms with E-state index in [2.05, 4.69) is 17.4 Å². The standard InChI is InChI=1S/C14H22N2O2/c17-14(16-18)11-7-2-1-3-8-12-15-13-9-5-4-6-10-13/h4-6,9-10,15,18H,1-3,7-8,11-12H2,(H,16,17). The monoisotopic (exact) mass is 250 g/mol. The van der Waals surface area contributed by atoms with Crippen LogP contribution in [0.25, 0.3) is 0 Å². The van der Waals surface area contributed by atoms with Crippen molar-refractivity contribution in [3.63, 3.8) is 0 Å². The van der Waals surface area contributed by atoms with E-state index in [4.69, 9.17) is 5.21 Å². The minimum atomic E-state index is -0.291. The quantitative estimate of drug-likeness (QED) is 0.359. The summed E-state index contributed by atoms with van der Waals surface area (Å²) in [4.78, 5) is 10.7. The number of rotatable bonds is 9. The summed E-state index contributed by atoms with van der Waals surface area (Å²) in [5.74, 6) is -0.291. The van der Waals surface area contributed by atoms with Crippen LogP contribution in [0.3, 0.4) is 0 Å². The van der Waals surface area contributed by atoms with Gasteiger partial charge in [-0.05, 0) is 25.0 Å². The number of benzene rings is 1. The Morgan fingerprint density at radius 3 is 2.39 bits per heavy atom. The molecule has 0 atom stereocenters. The molecule has 0 heterocycles. The van der Waals surface area contributed by atoms with Crippen LogP contribution in [0.4, 0.5) is 5.69 Å². The predicted molar refractivity (Wildman–Crippen MR) is 72.6 cm³/mol. The molecule has 4 nitrogen and oxygen atoms in total. The summed E-state index contributed by atoms with van der Waals surface area (Å²) in [5, 5.41) is 11.7. The van der Waals surface area contributed by atoms with Gasteiger partial charge in [0.1, 0.15) is 0 Å². The van der Waals surface area contributed by atoms with Crippen molar-refractivity contribution in [2.45, 2.75) is 38.5 Å². The van der Waals surface area contributed by atoms with Gasteiger partial charge in [-0.3, -0.25) is 10.0 Å². The lowest BCUT2D eigenvalue weighted by Crippen LogP contribution is -2.17. The minimum Gasteiger partial charge on any atom is -0.385 e. The number of hydrogen-bond donors (Lipinski definition) is 3. The summed E-state index contributed by atoms with van der Waals surface area (Å²) in [5.41, 5.74) is 2.81. The number of para-hydroxylation sites is 1. The highest BCUT2D eigenvalue weighted by Crippen LogP contribution is 2.08. The van der Waals surface area contributed by atoms with Crippen LogP contribution in [0.5, 0.6) is 0 Å². The Kier molecular flexibility index (Phi) is 7.64. The number of carbonyl (C=O) groups is 1. The first-order chi connectivity index (χ1) is 8.83. The first kappa shape index (κ1) is 14.5. The number of hydroxylamine groups is 1. The summed E-state index contributed by atoms with van der Waals surface area (Å²) in [6, 6.07) is 10.2. The third-order valence-corrected chi connectivity index (χ3v) is 2.81. The Hall–Kier alpha value is -1.55. The fourth-order valence-corrected chi connectivity index (χ4v) is 1.79. The van der Waals surface area contributed by atoms with E-state index in [-0.39, 0.29) is 5.91 Å². The normalized spacial score (nSPS) is 10.1. The van der Waals surface area contributed by atoms with Crippen LogP contribution in [0.15, 0.2) is 30.3 Å². The maximum absolute atomic E-state index is 10.7. The molecular formula is C14H22N2O2. The van der Waals surface area contributed by atoms with Crippen molar-refractivity contribution in [2.75, 3.05) is 11.9 Å². The third kappa shape index (κ3) is 6.91. The molecule has 0 aliphatic rings. The van der Waals surface area contributed by atoms with Crippen LogP contribution < -0.4 is 10.8 Å². The number of hydrogen-bond acceptors (Lipinski definition) is 3. The Bertz CT molecular complexity index is 328. The largest absolute Gasteiger partial charge is 0.385 e. The molecule has 1 amide bonds. The van der Waals surface area contributed by atoms with E-state index < -0.39 is 0 Å². The lowest BCUT2D eigenvalue weighted by Gasteiger charge is -2.05. The second kappa shape index (κ2) is 9.48. The highest BCUT2D eigenvalue weighted by atomic mass is 16.5. The van der Waals surface area contributed by atoms with Gasteiger partial charge in [0.25, 0.3) is 0 Å². The molecule has 0 saturated carbocycles. The lowest BCUT2D eigenvalue weighted by atomic mass is 10.1. The van der Waals surface area contributed by atoms with E-state index in [9.17, 15) is 4.79 Å². The fourth-order valence-electron chi connectivity index (χ4n) is 1.79. The van der Waals surface area contributed by atoms with Gasteiger partial charge >= 0.3 is 0 Å². The average molecular weight is 250 g/mol. The van der Waals surface area contributed by atoms with Gasteiger partial charge in [-0.15, -0.1) is 0 Å². The van der Waals surface area contributed by atoms with E-state index in [1.54, 1.807) is 5.48 Å². The smallest absolute Gasteiger partial charge is 0.243 e. The first-order valence-electron chi connectivity index (χ1n) is 6.55. The van der Waals surface area contributed by atoms with Gasteiger partial charge in [0.2, 0.25) is 5.91 Å². The van der Waals surface area contributed by atoms with Crippen molar-refractivity contribution in [1.29, 1.82) is 0 Å². The van der Waals surface area contributed by atoms with Crippen molar-refractivity contribution in [3.05, 3.63) is 30.3 Å². The summed E-state index contributed by atoms with van der Waals surface area (Å²) >= 11 is 0. The Balaban J connectivity index is 1.89. The molecule has 1 aromatic rings. The molecule has 0 bridgehead atoms. The molecule has 0 fully saturated rings. The molecule has 100 valence electrons. The Morgan fingerprint density at radius 2 is 1.67 bits per heavy atom. The third-order valence-electron chi connectivity index (χ3n) is 2.81. The molecular weight excluding hydrogens is 228 g/mol. The molecule has 3 N–H and O–H groups in total.